The van der Waals surface area contributed by atoms with Gasteiger partial charge in [-0.25, -0.2) is 4.99 Å². The van der Waals surface area contributed by atoms with Crippen LogP contribution in [0, 0.1) is 0 Å². The Hall–Kier alpha value is -1.33. The number of rotatable bonds is 6. The van der Waals surface area contributed by atoms with Crippen molar-refractivity contribution in [3.63, 3.8) is 0 Å². The van der Waals surface area contributed by atoms with Crippen LogP contribution in [0.4, 0.5) is 0 Å². The molecule has 0 rings (SSSR count). The zero-order valence-corrected chi connectivity index (χ0v) is 10.1. The number of aliphatic hydroxyl groups excluding tert-OH is 1. The molecule has 0 heterocycles. The molecule has 0 saturated heterocycles. The fourth-order valence-electron chi connectivity index (χ4n) is 1.15. The van der Waals surface area contributed by atoms with Crippen molar-refractivity contribution >= 4 is 5.96 Å². The van der Waals surface area contributed by atoms with Crippen molar-refractivity contribution in [2.75, 3.05) is 33.9 Å². The van der Waals surface area contributed by atoms with Crippen molar-refractivity contribution in [1.29, 1.82) is 0 Å². The number of guanidine groups is 1. The average molecular weight is 226 g/mol. The Bertz CT molecular complexity index is 250. The first-order valence-electron chi connectivity index (χ1n) is 5.26. The molecule has 5 heteroatoms. The number of hydrogen-bond acceptors (Lipinski definition) is 3. The molecule has 0 spiro atoms. The van der Waals surface area contributed by atoms with Gasteiger partial charge < -0.3 is 20.6 Å². The third-order valence-corrected chi connectivity index (χ3v) is 2.00. The normalized spacial score (nSPS) is 11.9. The predicted molar refractivity (Wildman–Crippen MR) is 67.9 cm³/mol. The van der Waals surface area contributed by atoms with E-state index in [1.165, 1.54) is 0 Å². The minimum Gasteiger partial charge on any atom is -0.376 e. The molecule has 0 atom stereocenters. The lowest BCUT2D eigenvalue weighted by atomic mass is 10.4. The number of aliphatic hydroxyl groups is 1. The van der Waals surface area contributed by atoms with E-state index in [9.17, 15) is 0 Å². The Morgan fingerprint density at radius 2 is 2.12 bits per heavy atom. The van der Waals surface area contributed by atoms with Crippen LogP contribution in [0.1, 0.15) is 6.42 Å². The maximum Gasteiger partial charge on any atom is 0.202 e. The number of hydrogen-bond donors (Lipinski definition) is 2. The van der Waals surface area contributed by atoms with Crippen LogP contribution in [-0.2, 0) is 0 Å². The minimum atomic E-state index is -0.0757. The summed E-state index contributed by atoms with van der Waals surface area (Å²) in [5.41, 5.74) is 5.45. The molecular formula is C11H22N4O. The summed E-state index contributed by atoms with van der Waals surface area (Å²) in [7, 11) is 3.70. The highest BCUT2D eigenvalue weighted by atomic mass is 16.3. The van der Waals surface area contributed by atoms with Gasteiger partial charge in [-0.05, 0) is 19.0 Å². The summed E-state index contributed by atoms with van der Waals surface area (Å²) in [5.74, 6) is 0.703. The maximum absolute atomic E-state index is 9.09. The summed E-state index contributed by atoms with van der Waals surface area (Å²) < 4.78 is 0. The second kappa shape index (κ2) is 8.94. The number of nitrogens with zero attached hydrogens (tertiary/aromatic N) is 3. The summed E-state index contributed by atoms with van der Waals surface area (Å²) >= 11 is 0. The highest BCUT2D eigenvalue weighted by Crippen LogP contribution is 1.96. The molecule has 0 aliphatic heterocycles. The maximum atomic E-state index is 9.09. The van der Waals surface area contributed by atoms with Crippen molar-refractivity contribution in [1.82, 2.24) is 9.80 Å². The van der Waals surface area contributed by atoms with Gasteiger partial charge in [-0.3, -0.25) is 0 Å². The first kappa shape index (κ1) is 14.7. The Morgan fingerprint density at radius 1 is 1.44 bits per heavy atom. The van der Waals surface area contributed by atoms with Gasteiger partial charge in [0.15, 0.2) is 0 Å². The fourth-order valence-corrected chi connectivity index (χ4v) is 1.15. The lowest BCUT2D eigenvalue weighted by Gasteiger charge is -2.27. The van der Waals surface area contributed by atoms with E-state index >= 15 is 0 Å². The molecule has 0 bridgehead atoms. The topological polar surface area (TPSA) is 65.1 Å². The van der Waals surface area contributed by atoms with Crippen LogP contribution in [0.25, 0.3) is 0 Å². The first-order valence-corrected chi connectivity index (χ1v) is 5.26. The smallest absolute Gasteiger partial charge is 0.202 e. The second-order valence-corrected chi connectivity index (χ2v) is 3.41. The van der Waals surface area contributed by atoms with E-state index in [1.54, 1.807) is 30.3 Å². The fraction of sp³-hybridized carbons (Fsp3) is 0.545. The summed E-state index contributed by atoms with van der Waals surface area (Å²) in [6, 6.07) is 0. The first-order chi connectivity index (χ1) is 7.67. The lowest BCUT2D eigenvalue weighted by Crippen LogP contribution is -2.41. The molecule has 0 aromatic carbocycles. The van der Waals surface area contributed by atoms with Crippen LogP contribution < -0.4 is 5.73 Å². The highest BCUT2D eigenvalue weighted by molar-refractivity contribution is 5.80. The zero-order valence-electron chi connectivity index (χ0n) is 10.1. The second-order valence-electron chi connectivity index (χ2n) is 3.41. The standard InChI is InChI=1S/C11H22N4O/c1-4-5-8-13-11(15(3)10-16)14(2)9-6-7-12/h4-5,8,16H,1,6-7,9-10,12H2,2-3H3/b8-5+,13-11-. The molecule has 0 saturated carbocycles. The van der Waals surface area contributed by atoms with Crippen LogP contribution in [0.2, 0.25) is 0 Å². The van der Waals surface area contributed by atoms with Crippen LogP contribution in [0.5, 0.6) is 0 Å². The van der Waals surface area contributed by atoms with Crippen molar-refractivity contribution in [2.45, 2.75) is 6.42 Å². The highest BCUT2D eigenvalue weighted by Gasteiger charge is 2.09. The average Bonchev–Trinajstić information content (AvgIpc) is 2.30. The molecule has 92 valence electrons. The molecule has 16 heavy (non-hydrogen) atoms. The molecule has 0 amide bonds. The largest absolute Gasteiger partial charge is 0.376 e. The minimum absolute atomic E-state index is 0.0757. The summed E-state index contributed by atoms with van der Waals surface area (Å²) in [6.07, 6.45) is 5.93. The molecule has 0 aliphatic rings. The molecule has 0 unspecified atom stereocenters. The van der Waals surface area contributed by atoms with E-state index in [0.717, 1.165) is 13.0 Å². The quantitative estimate of drug-likeness (QED) is 0.294. The molecule has 0 aromatic heterocycles. The summed E-state index contributed by atoms with van der Waals surface area (Å²) in [4.78, 5) is 7.86. The molecule has 0 aromatic rings. The molecule has 3 N–H and O–H groups in total. The molecule has 5 nitrogen and oxygen atoms in total. The van der Waals surface area contributed by atoms with Gasteiger partial charge in [0.05, 0.1) is 0 Å². The Labute approximate surface area is 97.6 Å². The van der Waals surface area contributed by atoms with Gasteiger partial charge in [-0.15, -0.1) is 0 Å². The third kappa shape index (κ3) is 5.53. The molecule has 0 aliphatic carbocycles. The van der Waals surface area contributed by atoms with E-state index in [0.29, 0.717) is 12.5 Å². The van der Waals surface area contributed by atoms with Gasteiger partial charge in [0.1, 0.15) is 6.73 Å². The van der Waals surface area contributed by atoms with Gasteiger partial charge in [-0.2, -0.15) is 0 Å². The zero-order chi connectivity index (χ0) is 12.4. The molecule has 0 fully saturated rings. The molecule has 0 radical (unpaired) electrons. The van der Waals surface area contributed by atoms with Gasteiger partial charge in [0.25, 0.3) is 0 Å². The monoisotopic (exact) mass is 226 g/mol. The Balaban J connectivity index is 4.58. The summed E-state index contributed by atoms with van der Waals surface area (Å²) in [5, 5.41) is 9.09. The van der Waals surface area contributed by atoms with Crippen LogP contribution in [-0.4, -0.2) is 54.8 Å². The Kier molecular flexibility index (Phi) is 8.19. The summed E-state index contributed by atoms with van der Waals surface area (Å²) in [6.45, 7) is 4.94. The SMILES string of the molecule is C=C/C=C/N=C(\N(C)CO)N(C)CCCN. The van der Waals surface area contributed by atoms with Gasteiger partial charge in [-0.1, -0.05) is 12.7 Å². The third-order valence-electron chi connectivity index (χ3n) is 2.00. The van der Waals surface area contributed by atoms with Gasteiger partial charge in [0.2, 0.25) is 5.96 Å². The predicted octanol–water partition coefficient (Wildman–Crippen LogP) is 0.204. The van der Waals surface area contributed by atoms with E-state index in [-0.39, 0.29) is 6.73 Å². The van der Waals surface area contributed by atoms with Crippen molar-refractivity contribution in [2.24, 2.45) is 10.7 Å². The number of aliphatic imine (C=N–C) groups is 1. The molecular weight excluding hydrogens is 204 g/mol. The van der Waals surface area contributed by atoms with Crippen molar-refractivity contribution < 1.29 is 5.11 Å². The van der Waals surface area contributed by atoms with E-state index in [4.69, 9.17) is 10.8 Å². The van der Waals surface area contributed by atoms with E-state index in [1.807, 2.05) is 11.9 Å². The van der Waals surface area contributed by atoms with Crippen LogP contribution in [0.15, 0.2) is 29.9 Å². The number of nitrogens with two attached hydrogens (primary N) is 1. The van der Waals surface area contributed by atoms with E-state index < -0.39 is 0 Å². The van der Waals surface area contributed by atoms with Crippen LogP contribution in [0.3, 0.4) is 0 Å². The van der Waals surface area contributed by atoms with Crippen molar-refractivity contribution in [3.05, 3.63) is 24.9 Å². The van der Waals surface area contributed by atoms with Crippen molar-refractivity contribution in [3.8, 4) is 0 Å². The Morgan fingerprint density at radius 3 is 2.62 bits per heavy atom. The lowest BCUT2D eigenvalue weighted by molar-refractivity contribution is 0.178. The number of allylic oxidation sites excluding steroid dienone is 2. The van der Waals surface area contributed by atoms with Crippen LogP contribution >= 0.6 is 0 Å². The van der Waals surface area contributed by atoms with Gasteiger partial charge >= 0.3 is 0 Å². The van der Waals surface area contributed by atoms with E-state index in [2.05, 4.69) is 11.6 Å². The van der Waals surface area contributed by atoms with Gasteiger partial charge in [0, 0.05) is 26.8 Å².